The summed E-state index contributed by atoms with van der Waals surface area (Å²) in [5, 5.41) is 9.53. The Morgan fingerprint density at radius 2 is 2.18 bits per heavy atom. The van der Waals surface area contributed by atoms with Crippen molar-refractivity contribution in [3.05, 3.63) is 33.9 Å². The highest BCUT2D eigenvalue weighted by Gasteiger charge is 2.23. The summed E-state index contributed by atoms with van der Waals surface area (Å²) in [4.78, 5) is 25.3. The maximum absolute atomic E-state index is 12.6. The molecule has 7 heteroatoms. The number of hydrogen-bond donors (Lipinski definition) is 2. The van der Waals surface area contributed by atoms with Crippen LogP contribution in [0.15, 0.2) is 21.5 Å². The van der Waals surface area contributed by atoms with Crippen molar-refractivity contribution < 1.29 is 9.52 Å². The fourth-order valence-electron chi connectivity index (χ4n) is 2.64. The van der Waals surface area contributed by atoms with E-state index in [9.17, 15) is 9.90 Å². The number of anilines is 1. The average molecular weight is 298 g/mol. The lowest BCUT2D eigenvalue weighted by atomic mass is 9.85. The normalized spacial score (nSPS) is 15.3. The van der Waals surface area contributed by atoms with Gasteiger partial charge in [-0.2, -0.15) is 4.98 Å². The Morgan fingerprint density at radius 1 is 1.36 bits per heavy atom. The van der Waals surface area contributed by atoms with E-state index in [0.29, 0.717) is 22.9 Å². The van der Waals surface area contributed by atoms with E-state index in [1.165, 1.54) is 18.7 Å². The van der Waals surface area contributed by atoms with Gasteiger partial charge >= 0.3 is 0 Å². The molecule has 3 aromatic rings. The van der Waals surface area contributed by atoms with Crippen LogP contribution < -0.4 is 11.2 Å². The molecular formula is C15H14N4O3. The smallest absolute Gasteiger partial charge is 0.232 e. The van der Waals surface area contributed by atoms with E-state index in [1.54, 1.807) is 0 Å². The van der Waals surface area contributed by atoms with Crippen LogP contribution in [0.1, 0.15) is 36.6 Å². The van der Waals surface area contributed by atoms with Crippen LogP contribution in [0.4, 0.5) is 5.82 Å². The Balaban J connectivity index is 2.01. The number of nitrogen functional groups attached to an aromatic ring is 1. The minimum absolute atomic E-state index is 0.132. The highest BCUT2D eigenvalue weighted by molar-refractivity contribution is 5.86. The number of nitrogens with zero attached hydrogens (tertiary/aromatic N) is 3. The van der Waals surface area contributed by atoms with E-state index < -0.39 is 0 Å². The number of hydrogen-bond acceptors (Lipinski definition) is 7. The van der Waals surface area contributed by atoms with Gasteiger partial charge in [-0.05, 0) is 18.9 Å². The lowest BCUT2D eigenvalue weighted by Gasteiger charge is -2.23. The molecule has 1 fully saturated rings. The summed E-state index contributed by atoms with van der Waals surface area (Å²) in [5.74, 6) is 1.16. The average Bonchev–Trinajstić information content (AvgIpc) is 2.46. The summed E-state index contributed by atoms with van der Waals surface area (Å²) in [5.41, 5.74) is 6.51. The van der Waals surface area contributed by atoms with Gasteiger partial charge in [0.1, 0.15) is 11.6 Å². The predicted octanol–water partition coefficient (Wildman–Crippen LogP) is 1.47. The number of aromatic nitrogens is 3. The van der Waals surface area contributed by atoms with Crippen molar-refractivity contribution in [2.24, 2.45) is 0 Å². The molecule has 4 rings (SSSR count). The highest BCUT2D eigenvalue weighted by atomic mass is 16.3. The van der Waals surface area contributed by atoms with Gasteiger partial charge in [-0.3, -0.25) is 4.79 Å². The van der Waals surface area contributed by atoms with Gasteiger partial charge in [0.15, 0.2) is 11.1 Å². The number of aliphatic hydroxyl groups is 1. The molecule has 7 nitrogen and oxygen atoms in total. The predicted molar refractivity (Wildman–Crippen MR) is 80.3 cm³/mol. The van der Waals surface area contributed by atoms with E-state index in [-0.39, 0.29) is 34.5 Å². The zero-order chi connectivity index (χ0) is 15.3. The third-order valence-corrected chi connectivity index (χ3v) is 4.18. The Morgan fingerprint density at radius 3 is 2.86 bits per heavy atom. The first-order valence-electron chi connectivity index (χ1n) is 7.17. The van der Waals surface area contributed by atoms with E-state index in [0.717, 1.165) is 12.8 Å². The van der Waals surface area contributed by atoms with Gasteiger partial charge in [0.25, 0.3) is 0 Å². The molecule has 0 atom stereocenters. The van der Waals surface area contributed by atoms with Crippen molar-refractivity contribution in [1.82, 2.24) is 15.0 Å². The van der Waals surface area contributed by atoms with E-state index in [1.807, 2.05) is 0 Å². The quantitative estimate of drug-likeness (QED) is 0.688. The molecule has 112 valence electrons. The standard InChI is InChI=1S/C15H14N4O3/c16-13-8(6-20)4-9-12(21)11-10(22-15(9)19-13)5-17-14(18-11)7-2-1-3-7/h4-5,7,20H,1-3,6H2,(H2,16,19). The van der Waals surface area contributed by atoms with Crippen molar-refractivity contribution in [2.75, 3.05) is 5.73 Å². The molecule has 0 amide bonds. The van der Waals surface area contributed by atoms with Crippen LogP contribution in [0.3, 0.4) is 0 Å². The number of pyridine rings is 1. The van der Waals surface area contributed by atoms with Crippen molar-refractivity contribution in [2.45, 2.75) is 31.8 Å². The van der Waals surface area contributed by atoms with Gasteiger partial charge < -0.3 is 15.3 Å². The van der Waals surface area contributed by atoms with Crippen molar-refractivity contribution in [1.29, 1.82) is 0 Å². The molecule has 0 saturated heterocycles. The molecule has 0 radical (unpaired) electrons. The second-order valence-electron chi connectivity index (χ2n) is 5.54. The first kappa shape index (κ1) is 13.1. The number of aliphatic hydroxyl groups excluding tert-OH is 1. The molecule has 3 heterocycles. The fraction of sp³-hybridized carbons (Fsp3) is 0.333. The van der Waals surface area contributed by atoms with Crippen LogP contribution in [-0.2, 0) is 6.61 Å². The van der Waals surface area contributed by atoms with E-state index in [2.05, 4.69) is 15.0 Å². The summed E-state index contributed by atoms with van der Waals surface area (Å²) in [7, 11) is 0. The maximum atomic E-state index is 12.6. The van der Waals surface area contributed by atoms with Crippen LogP contribution in [0.2, 0.25) is 0 Å². The van der Waals surface area contributed by atoms with Gasteiger partial charge in [0.05, 0.1) is 18.2 Å². The molecule has 1 saturated carbocycles. The lowest BCUT2D eigenvalue weighted by Crippen LogP contribution is -2.15. The third-order valence-electron chi connectivity index (χ3n) is 4.18. The van der Waals surface area contributed by atoms with E-state index >= 15 is 0 Å². The summed E-state index contributed by atoms with van der Waals surface area (Å²) in [6.07, 6.45) is 4.80. The fourth-order valence-corrected chi connectivity index (χ4v) is 2.64. The molecule has 1 aliphatic rings. The van der Waals surface area contributed by atoms with E-state index in [4.69, 9.17) is 10.2 Å². The zero-order valence-electron chi connectivity index (χ0n) is 11.7. The molecule has 0 aliphatic heterocycles. The third kappa shape index (κ3) is 1.86. The van der Waals surface area contributed by atoms with Crippen molar-refractivity contribution >= 4 is 28.0 Å². The second kappa shape index (κ2) is 4.74. The number of fused-ring (bicyclic) bond motifs is 2. The van der Waals surface area contributed by atoms with Crippen molar-refractivity contribution in [3.8, 4) is 0 Å². The van der Waals surface area contributed by atoms with Crippen LogP contribution in [0, 0.1) is 0 Å². The molecule has 0 spiro atoms. The Labute approximate surface area is 124 Å². The highest BCUT2D eigenvalue weighted by Crippen LogP contribution is 2.34. The van der Waals surface area contributed by atoms with Gasteiger partial charge in [-0.15, -0.1) is 0 Å². The molecular weight excluding hydrogens is 284 g/mol. The maximum Gasteiger partial charge on any atom is 0.232 e. The minimum atomic E-state index is -0.288. The molecule has 0 unspecified atom stereocenters. The first-order chi connectivity index (χ1) is 10.7. The van der Waals surface area contributed by atoms with Crippen molar-refractivity contribution in [3.63, 3.8) is 0 Å². The Bertz CT molecular complexity index is 947. The minimum Gasteiger partial charge on any atom is -0.434 e. The monoisotopic (exact) mass is 298 g/mol. The molecule has 22 heavy (non-hydrogen) atoms. The Hall–Kier alpha value is -2.54. The van der Waals surface area contributed by atoms with Crippen LogP contribution >= 0.6 is 0 Å². The van der Waals surface area contributed by atoms with Crippen LogP contribution in [-0.4, -0.2) is 20.1 Å². The Kier molecular flexibility index (Phi) is 2.83. The van der Waals surface area contributed by atoms with Gasteiger partial charge in [0, 0.05) is 11.5 Å². The van der Waals surface area contributed by atoms with Gasteiger partial charge in [-0.25, -0.2) is 9.97 Å². The van der Waals surface area contributed by atoms with Gasteiger partial charge in [0.2, 0.25) is 11.1 Å². The molecule has 3 N–H and O–H groups in total. The first-order valence-corrected chi connectivity index (χ1v) is 7.17. The topological polar surface area (TPSA) is 115 Å². The molecule has 0 aromatic carbocycles. The second-order valence-corrected chi connectivity index (χ2v) is 5.54. The molecule has 3 aromatic heterocycles. The summed E-state index contributed by atoms with van der Waals surface area (Å²) in [6, 6.07) is 1.51. The molecule has 0 bridgehead atoms. The lowest BCUT2D eigenvalue weighted by molar-refractivity contribution is 0.282. The summed E-state index contributed by atoms with van der Waals surface area (Å²) >= 11 is 0. The number of rotatable bonds is 2. The summed E-state index contributed by atoms with van der Waals surface area (Å²) in [6.45, 7) is -0.288. The largest absolute Gasteiger partial charge is 0.434 e. The van der Waals surface area contributed by atoms with Crippen LogP contribution in [0.25, 0.3) is 22.2 Å². The number of nitrogens with two attached hydrogens (primary N) is 1. The van der Waals surface area contributed by atoms with Crippen LogP contribution in [0.5, 0.6) is 0 Å². The zero-order valence-corrected chi connectivity index (χ0v) is 11.7. The SMILES string of the molecule is Nc1nc2oc3cnc(C4CCC4)nc3c(=O)c2cc1CO. The van der Waals surface area contributed by atoms with Gasteiger partial charge in [-0.1, -0.05) is 6.42 Å². The summed E-state index contributed by atoms with van der Waals surface area (Å²) < 4.78 is 5.60. The molecule has 1 aliphatic carbocycles.